The molecular formula is C14H25N3O9. The monoisotopic (exact) mass is 379 g/mol. The summed E-state index contributed by atoms with van der Waals surface area (Å²) >= 11 is 0. The molecule has 5 N–H and O–H groups in total. The molecule has 26 heavy (non-hydrogen) atoms. The van der Waals surface area contributed by atoms with Gasteiger partial charge in [-0.3, -0.25) is 29.0 Å². The van der Waals surface area contributed by atoms with Gasteiger partial charge < -0.3 is 30.5 Å². The van der Waals surface area contributed by atoms with Crippen LogP contribution in [0.2, 0.25) is 0 Å². The summed E-state index contributed by atoms with van der Waals surface area (Å²) in [5.41, 5.74) is 0. The SMILES string of the molecule is C1COCCN1.O=C(O)CN(CCN(CC(=O)O)CC(=O)O)CC(=O)O. The zero-order chi connectivity index (χ0) is 19.9. The van der Waals surface area contributed by atoms with Crippen LogP contribution in [0.25, 0.3) is 0 Å². The van der Waals surface area contributed by atoms with Crippen molar-refractivity contribution in [3.8, 4) is 0 Å². The van der Waals surface area contributed by atoms with Gasteiger partial charge >= 0.3 is 23.9 Å². The Morgan fingerprint density at radius 2 is 1.00 bits per heavy atom. The maximum atomic E-state index is 10.6. The molecule has 1 rings (SSSR count). The molecule has 0 radical (unpaired) electrons. The minimum atomic E-state index is -1.23. The zero-order valence-corrected chi connectivity index (χ0v) is 14.3. The molecule has 0 saturated carbocycles. The Balaban J connectivity index is 0.000000867. The molecule has 1 aliphatic heterocycles. The van der Waals surface area contributed by atoms with Gasteiger partial charge in [0.15, 0.2) is 0 Å². The standard InChI is InChI=1S/C10H16N2O8.C4H9NO/c13-7(14)3-11(4-8(15)16)1-2-12(5-9(17)18)6-10(19)20;1-3-6-4-2-5-1/h1-6H2,(H,13,14)(H,15,16)(H,17,18)(H,19,20);5H,1-4H2. The van der Waals surface area contributed by atoms with Crippen LogP contribution in [-0.4, -0.2) is 120 Å². The van der Waals surface area contributed by atoms with E-state index in [0.717, 1.165) is 36.1 Å². The lowest BCUT2D eigenvalue weighted by atomic mass is 10.4. The van der Waals surface area contributed by atoms with E-state index in [1.165, 1.54) is 0 Å². The molecule has 0 bridgehead atoms. The first-order valence-electron chi connectivity index (χ1n) is 7.81. The molecule has 0 aromatic heterocycles. The fourth-order valence-corrected chi connectivity index (χ4v) is 1.99. The molecule has 12 nitrogen and oxygen atoms in total. The molecule has 0 spiro atoms. The maximum absolute atomic E-state index is 10.6. The molecular weight excluding hydrogens is 354 g/mol. The summed E-state index contributed by atoms with van der Waals surface area (Å²) in [7, 11) is 0. The van der Waals surface area contributed by atoms with Gasteiger partial charge in [-0.1, -0.05) is 0 Å². The summed E-state index contributed by atoms with van der Waals surface area (Å²) < 4.78 is 5.01. The van der Waals surface area contributed by atoms with Gasteiger partial charge in [-0.15, -0.1) is 0 Å². The topological polar surface area (TPSA) is 177 Å². The number of nitrogens with zero attached hydrogens (tertiary/aromatic N) is 2. The lowest BCUT2D eigenvalue weighted by Crippen LogP contribution is -2.43. The van der Waals surface area contributed by atoms with Crippen LogP contribution in [0, 0.1) is 0 Å². The van der Waals surface area contributed by atoms with E-state index in [0.29, 0.717) is 0 Å². The Morgan fingerprint density at radius 3 is 1.15 bits per heavy atom. The number of hydrogen-bond donors (Lipinski definition) is 5. The minimum absolute atomic E-state index is 0.0703. The number of carbonyl (C=O) groups is 4. The molecule has 150 valence electrons. The average Bonchev–Trinajstić information content (AvgIpc) is 2.52. The van der Waals surface area contributed by atoms with Crippen LogP contribution < -0.4 is 5.32 Å². The summed E-state index contributed by atoms with van der Waals surface area (Å²) in [5, 5.41) is 37.6. The highest BCUT2D eigenvalue weighted by Gasteiger charge is 2.17. The molecule has 1 aliphatic rings. The second-order valence-electron chi connectivity index (χ2n) is 5.36. The van der Waals surface area contributed by atoms with Gasteiger partial charge in [0.25, 0.3) is 0 Å². The molecule has 0 aromatic rings. The summed E-state index contributed by atoms with van der Waals surface area (Å²) in [4.78, 5) is 44.4. The van der Waals surface area contributed by atoms with Crippen molar-refractivity contribution in [2.45, 2.75) is 0 Å². The minimum Gasteiger partial charge on any atom is -0.480 e. The Hall–Kier alpha value is -2.28. The van der Waals surface area contributed by atoms with E-state index in [1.54, 1.807) is 0 Å². The highest BCUT2D eigenvalue weighted by Crippen LogP contribution is 1.94. The normalized spacial score (nSPS) is 13.8. The van der Waals surface area contributed by atoms with E-state index in [9.17, 15) is 19.2 Å². The number of aliphatic carboxylic acids is 4. The lowest BCUT2D eigenvalue weighted by Gasteiger charge is -2.23. The number of ether oxygens (including phenoxy) is 1. The van der Waals surface area contributed by atoms with Crippen molar-refractivity contribution in [1.29, 1.82) is 0 Å². The molecule has 12 heteroatoms. The van der Waals surface area contributed by atoms with Crippen molar-refractivity contribution in [2.75, 3.05) is 65.6 Å². The molecule has 0 unspecified atom stereocenters. The van der Waals surface area contributed by atoms with Gasteiger partial charge in [0, 0.05) is 26.2 Å². The number of nitrogens with one attached hydrogen (secondary N) is 1. The molecule has 0 aromatic carbocycles. The summed E-state index contributed by atoms with van der Waals surface area (Å²) in [6.07, 6.45) is 0. The van der Waals surface area contributed by atoms with Crippen LogP contribution in [-0.2, 0) is 23.9 Å². The number of rotatable bonds is 11. The number of carboxylic acid groups (broad SMARTS) is 4. The third kappa shape index (κ3) is 15.3. The molecule has 0 aliphatic carbocycles. The van der Waals surface area contributed by atoms with Crippen molar-refractivity contribution in [3.05, 3.63) is 0 Å². The highest BCUT2D eigenvalue weighted by atomic mass is 16.5. The van der Waals surface area contributed by atoms with Gasteiger partial charge in [0.1, 0.15) is 0 Å². The van der Waals surface area contributed by atoms with Crippen LogP contribution in [0.4, 0.5) is 0 Å². The first kappa shape index (κ1) is 23.7. The summed E-state index contributed by atoms with van der Waals surface area (Å²) in [5.74, 6) is -4.91. The molecule has 0 amide bonds. The predicted octanol–water partition coefficient (Wildman–Crippen LogP) is -2.46. The van der Waals surface area contributed by atoms with Crippen molar-refractivity contribution in [3.63, 3.8) is 0 Å². The number of morpholine rings is 1. The lowest BCUT2D eigenvalue weighted by molar-refractivity contribution is -0.145. The second kappa shape index (κ2) is 13.9. The van der Waals surface area contributed by atoms with Crippen LogP contribution >= 0.6 is 0 Å². The van der Waals surface area contributed by atoms with E-state index in [4.69, 9.17) is 25.2 Å². The van der Waals surface area contributed by atoms with Crippen LogP contribution in [0.5, 0.6) is 0 Å². The van der Waals surface area contributed by atoms with E-state index < -0.39 is 50.1 Å². The third-order valence-electron chi connectivity index (χ3n) is 3.01. The van der Waals surface area contributed by atoms with E-state index in [2.05, 4.69) is 5.32 Å². The average molecular weight is 379 g/mol. The fourth-order valence-electron chi connectivity index (χ4n) is 1.99. The summed E-state index contributed by atoms with van der Waals surface area (Å²) in [6.45, 7) is 1.58. The van der Waals surface area contributed by atoms with Gasteiger partial charge in [0.05, 0.1) is 39.4 Å². The molecule has 0 atom stereocenters. The quantitative estimate of drug-likeness (QED) is 0.256. The number of hydrogen-bond acceptors (Lipinski definition) is 8. The molecule has 1 saturated heterocycles. The largest absolute Gasteiger partial charge is 0.480 e. The Kier molecular flexibility index (Phi) is 12.7. The van der Waals surface area contributed by atoms with Crippen molar-refractivity contribution >= 4 is 23.9 Å². The van der Waals surface area contributed by atoms with Gasteiger partial charge in [0.2, 0.25) is 0 Å². The first-order chi connectivity index (χ1) is 12.2. The van der Waals surface area contributed by atoms with Crippen LogP contribution in [0.15, 0.2) is 0 Å². The maximum Gasteiger partial charge on any atom is 0.317 e. The third-order valence-corrected chi connectivity index (χ3v) is 3.01. The van der Waals surface area contributed by atoms with Crippen molar-refractivity contribution in [2.24, 2.45) is 0 Å². The smallest absolute Gasteiger partial charge is 0.317 e. The fraction of sp³-hybridized carbons (Fsp3) is 0.714. The van der Waals surface area contributed by atoms with E-state index in [-0.39, 0.29) is 13.1 Å². The predicted molar refractivity (Wildman–Crippen MR) is 87.1 cm³/mol. The highest BCUT2D eigenvalue weighted by molar-refractivity contribution is 5.73. The summed E-state index contributed by atoms with van der Waals surface area (Å²) in [6, 6.07) is 0. The van der Waals surface area contributed by atoms with Crippen LogP contribution in [0.3, 0.4) is 0 Å². The Morgan fingerprint density at radius 1 is 0.692 bits per heavy atom. The van der Waals surface area contributed by atoms with E-state index in [1.807, 2.05) is 0 Å². The van der Waals surface area contributed by atoms with Gasteiger partial charge in [-0.2, -0.15) is 0 Å². The van der Waals surface area contributed by atoms with E-state index >= 15 is 0 Å². The zero-order valence-electron chi connectivity index (χ0n) is 14.3. The van der Waals surface area contributed by atoms with Crippen molar-refractivity contribution in [1.82, 2.24) is 15.1 Å². The Bertz CT molecular complexity index is 389. The second-order valence-corrected chi connectivity index (χ2v) is 5.36. The van der Waals surface area contributed by atoms with Gasteiger partial charge in [-0.05, 0) is 0 Å². The molecule has 1 heterocycles. The number of carboxylic acids is 4. The van der Waals surface area contributed by atoms with Gasteiger partial charge in [-0.25, -0.2) is 0 Å². The van der Waals surface area contributed by atoms with Crippen molar-refractivity contribution < 1.29 is 44.3 Å². The Labute approximate surface area is 149 Å². The molecule has 1 fully saturated rings. The van der Waals surface area contributed by atoms with Crippen LogP contribution in [0.1, 0.15) is 0 Å². The first-order valence-corrected chi connectivity index (χ1v) is 7.81.